The second-order valence-corrected chi connectivity index (χ2v) is 8.84. The third kappa shape index (κ3) is 4.68. The van der Waals surface area contributed by atoms with Crippen LogP contribution in [-0.2, 0) is 10.0 Å². The molecule has 0 heterocycles. The zero-order chi connectivity index (χ0) is 14.8. The van der Waals surface area contributed by atoms with Gasteiger partial charge < -0.3 is 5.73 Å². The summed E-state index contributed by atoms with van der Waals surface area (Å²) in [6.07, 6.45) is 2.24. The molecule has 20 heavy (non-hydrogen) atoms. The lowest BCUT2D eigenvalue weighted by Crippen LogP contribution is -2.46. The summed E-state index contributed by atoms with van der Waals surface area (Å²) < 4.78 is 27.0. The summed E-state index contributed by atoms with van der Waals surface area (Å²) in [7, 11) is -3.22. The molecule has 3 N–H and O–H groups in total. The minimum absolute atomic E-state index is 0.137. The average molecular weight is 314 g/mol. The van der Waals surface area contributed by atoms with Crippen LogP contribution in [0.15, 0.2) is 29.2 Å². The van der Waals surface area contributed by atoms with Gasteiger partial charge in [-0.2, -0.15) is 0 Å². The fourth-order valence-electron chi connectivity index (χ4n) is 2.17. The van der Waals surface area contributed by atoms with E-state index in [2.05, 4.69) is 4.72 Å². The van der Waals surface area contributed by atoms with Gasteiger partial charge in [-0.05, 0) is 56.9 Å². The number of anilines is 1. The molecule has 0 aliphatic heterocycles. The molecule has 2 rings (SSSR count). The first-order valence-electron chi connectivity index (χ1n) is 6.78. The first kappa shape index (κ1) is 15.7. The van der Waals surface area contributed by atoms with Gasteiger partial charge in [0.15, 0.2) is 0 Å². The maximum atomic E-state index is 12.1. The van der Waals surface area contributed by atoms with Crippen LogP contribution in [0.2, 0.25) is 0 Å². The number of nitrogen functional groups attached to an aromatic ring is 1. The molecule has 0 saturated heterocycles. The molecule has 1 saturated carbocycles. The Bertz CT molecular complexity index is 549. The van der Waals surface area contributed by atoms with Crippen LogP contribution >= 0.6 is 11.8 Å². The molecule has 1 fully saturated rings. The van der Waals surface area contributed by atoms with E-state index in [-0.39, 0.29) is 11.3 Å². The fraction of sp³-hybridized carbons (Fsp3) is 0.571. The standard InChI is InChI=1S/C14H22N2O2S2/c1-14(2,11-3-4-11)16-20(17,18)10-9-19-13-7-5-12(15)6-8-13/h5-8,11,16H,3-4,9-10,15H2,1-2H3. The normalized spacial score (nSPS) is 16.3. The third-order valence-corrected chi connectivity index (χ3v) is 6.37. The Morgan fingerprint density at radius 1 is 1.30 bits per heavy atom. The topological polar surface area (TPSA) is 72.2 Å². The van der Waals surface area contributed by atoms with E-state index >= 15 is 0 Å². The van der Waals surface area contributed by atoms with Crippen LogP contribution in [0.4, 0.5) is 5.69 Å². The number of thioether (sulfide) groups is 1. The number of nitrogens with one attached hydrogen (secondary N) is 1. The molecule has 1 aromatic rings. The van der Waals surface area contributed by atoms with E-state index in [9.17, 15) is 8.42 Å². The van der Waals surface area contributed by atoms with Crippen molar-refractivity contribution in [1.82, 2.24) is 4.72 Å². The van der Waals surface area contributed by atoms with Crippen molar-refractivity contribution >= 4 is 27.5 Å². The first-order chi connectivity index (χ1) is 9.28. The van der Waals surface area contributed by atoms with E-state index in [4.69, 9.17) is 5.73 Å². The number of hydrogen-bond donors (Lipinski definition) is 2. The van der Waals surface area contributed by atoms with Crippen molar-refractivity contribution in [3.8, 4) is 0 Å². The second kappa shape index (κ2) is 5.95. The van der Waals surface area contributed by atoms with Gasteiger partial charge in [0, 0.05) is 21.9 Å². The van der Waals surface area contributed by atoms with E-state index in [0.29, 0.717) is 11.7 Å². The van der Waals surface area contributed by atoms with E-state index in [1.807, 2.05) is 38.1 Å². The molecule has 0 aromatic heterocycles. The lowest BCUT2D eigenvalue weighted by molar-refractivity contribution is 0.401. The largest absolute Gasteiger partial charge is 0.399 e. The molecular formula is C14H22N2O2S2. The van der Waals surface area contributed by atoms with Crippen LogP contribution in [0.3, 0.4) is 0 Å². The highest BCUT2D eigenvalue weighted by Gasteiger charge is 2.40. The summed E-state index contributed by atoms with van der Waals surface area (Å²) in [5.41, 5.74) is 6.02. The lowest BCUT2D eigenvalue weighted by Gasteiger charge is -2.25. The molecule has 6 heteroatoms. The quantitative estimate of drug-likeness (QED) is 0.599. The SMILES string of the molecule is CC(C)(NS(=O)(=O)CCSc1ccc(N)cc1)C1CC1. The highest BCUT2D eigenvalue weighted by atomic mass is 32.2. The van der Waals surface area contributed by atoms with E-state index < -0.39 is 10.0 Å². The van der Waals surface area contributed by atoms with Crippen LogP contribution in [0.5, 0.6) is 0 Å². The molecule has 1 aromatic carbocycles. The summed E-state index contributed by atoms with van der Waals surface area (Å²) in [6, 6.07) is 7.47. The number of hydrogen-bond acceptors (Lipinski definition) is 4. The molecule has 112 valence electrons. The Labute approximate surface area is 125 Å². The van der Waals surface area contributed by atoms with Crippen LogP contribution in [0.1, 0.15) is 26.7 Å². The van der Waals surface area contributed by atoms with Gasteiger partial charge in [-0.25, -0.2) is 13.1 Å². The van der Waals surface area contributed by atoms with Gasteiger partial charge in [-0.3, -0.25) is 0 Å². The fourth-order valence-corrected chi connectivity index (χ4v) is 5.02. The van der Waals surface area contributed by atoms with Crippen molar-refractivity contribution in [1.29, 1.82) is 0 Å². The number of rotatable bonds is 7. The Morgan fingerprint density at radius 2 is 1.90 bits per heavy atom. The zero-order valence-corrected chi connectivity index (χ0v) is 13.6. The number of sulfonamides is 1. The highest BCUT2D eigenvalue weighted by molar-refractivity contribution is 8.00. The maximum Gasteiger partial charge on any atom is 0.212 e. The second-order valence-electron chi connectivity index (χ2n) is 5.83. The van der Waals surface area contributed by atoms with Crippen LogP contribution < -0.4 is 10.5 Å². The molecule has 1 aliphatic rings. The van der Waals surface area contributed by atoms with E-state index in [0.717, 1.165) is 23.4 Å². The minimum Gasteiger partial charge on any atom is -0.399 e. The molecule has 0 atom stereocenters. The summed E-state index contributed by atoms with van der Waals surface area (Å²) in [4.78, 5) is 1.04. The zero-order valence-electron chi connectivity index (χ0n) is 11.9. The smallest absolute Gasteiger partial charge is 0.212 e. The van der Waals surface area contributed by atoms with Gasteiger partial charge >= 0.3 is 0 Å². The molecule has 0 radical (unpaired) electrons. The lowest BCUT2D eigenvalue weighted by atomic mass is 10.0. The van der Waals surface area contributed by atoms with Crippen molar-refractivity contribution in [3.05, 3.63) is 24.3 Å². The summed E-state index contributed by atoms with van der Waals surface area (Å²) in [5, 5.41) is 0. The van der Waals surface area contributed by atoms with Gasteiger partial charge in [-0.15, -0.1) is 11.8 Å². The molecule has 0 amide bonds. The van der Waals surface area contributed by atoms with Gasteiger partial charge in [0.2, 0.25) is 10.0 Å². The van der Waals surface area contributed by atoms with Crippen LogP contribution in [0.25, 0.3) is 0 Å². The molecule has 0 unspecified atom stereocenters. The van der Waals surface area contributed by atoms with Gasteiger partial charge in [0.1, 0.15) is 0 Å². The third-order valence-electron chi connectivity index (χ3n) is 3.52. The predicted octanol–water partition coefficient (Wildman–Crippen LogP) is 2.47. The van der Waals surface area contributed by atoms with E-state index in [1.54, 1.807) is 0 Å². The summed E-state index contributed by atoms with van der Waals surface area (Å²) in [5.74, 6) is 1.17. The minimum atomic E-state index is -3.22. The van der Waals surface area contributed by atoms with Gasteiger partial charge in [0.05, 0.1) is 5.75 Å². The summed E-state index contributed by atoms with van der Waals surface area (Å²) >= 11 is 1.53. The Hall–Kier alpha value is -0.720. The molecule has 1 aliphatic carbocycles. The summed E-state index contributed by atoms with van der Waals surface area (Å²) in [6.45, 7) is 3.94. The van der Waals surface area contributed by atoms with E-state index in [1.165, 1.54) is 11.8 Å². The van der Waals surface area contributed by atoms with Crippen molar-refractivity contribution in [2.45, 2.75) is 37.1 Å². The molecule has 0 bridgehead atoms. The Morgan fingerprint density at radius 3 is 2.45 bits per heavy atom. The predicted molar refractivity (Wildman–Crippen MR) is 85.3 cm³/mol. The van der Waals surface area contributed by atoms with Crippen LogP contribution in [0, 0.1) is 5.92 Å². The van der Waals surface area contributed by atoms with Crippen molar-refractivity contribution in [2.75, 3.05) is 17.2 Å². The van der Waals surface area contributed by atoms with Crippen molar-refractivity contribution in [3.63, 3.8) is 0 Å². The first-order valence-corrected chi connectivity index (χ1v) is 9.42. The maximum absolute atomic E-state index is 12.1. The Balaban J connectivity index is 1.81. The monoisotopic (exact) mass is 314 g/mol. The molecule has 4 nitrogen and oxygen atoms in total. The number of nitrogens with two attached hydrogens (primary N) is 1. The molecule has 0 spiro atoms. The highest BCUT2D eigenvalue weighted by Crippen LogP contribution is 2.39. The van der Waals surface area contributed by atoms with Gasteiger partial charge in [-0.1, -0.05) is 0 Å². The van der Waals surface area contributed by atoms with Gasteiger partial charge in [0.25, 0.3) is 0 Å². The number of benzene rings is 1. The van der Waals surface area contributed by atoms with Crippen LogP contribution in [-0.4, -0.2) is 25.5 Å². The van der Waals surface area contributed by atoms with Crippen molar-refractivity contribution in [2.24, 2.45) is 5.92 Å². The van der Waals surface area contributed by atoms with Crippen molar-refractivity contribution < 1.29 is 8.42 Å². The average Bonchev–Trinajstić information content (AvgIpc) is 3.14. The molecular weight excluding hydrogens is 292 g/mol. The Kier molecular flexibility index (Phi) is 4.66.